The van der Waals surface area contributed by atoms with E-state index in [0.717, 1.165) is 22.4 Å². The van der Waals surface area contributed by atoms with Gasteiger partial charge in [0, 0.05) is 23.2 Å². The number of thiazole rings is 1. The highest BCUT2D eigenvalue weighted by molar-refractivity contribution is 7.11. The van der Waals surface area contributed by atoms with E-state index >= 15 is 0 Å². The number of hydrogen-bond acceptors (Lipinski definition) is 5. The van der Waals surface area contributed by atoms with E-state index in [9.17, 15) is 14.9 Å². The van der Waals surface area contributed by atoms with Gasteiger partial charge in [-0.3, -0.25) is 14.9 Å². The van der Waals surface area contributed by atoms with Crippen LogP contribution in [0.1, 0.15) is 27.2 Å². The number of carbonyl (C=O) groups is 1. The van der Waals surface area contributed by atoms with Crippen LogP contribution in [0.3, 0.4) is 0 Å². The van der Waals surface area contributed by atoms with E-state index < -0.39 is 4.92 Å². The van der Waals surface area contributed by atoms with Gasteiger partial charge >= 0.3 is 0 Å². The van der Waals surface area contributed by atoms with Crippen molar-refractivity contribution in [3.8, 4) is 0 Å². The van der Waals surface area contributed by atoms with Crippen molar-refractivity contribution in [3.05, 3.63) is 55.0 Å². The molecule has 2 rings (SSSR count). The lowest BCUT2D eigenvalue weighted by Crippen LogP contribution is -2.23. The molecule has 0 saturated heterocycles. The van der Waals surface area contributed by atoms with Crippen molar-refractivity contribution < 1.29 is 9.72 Å². The summed E-state index contributed by atoms with van der Waals surface area (Å²) < 4.78 is 0. The van der Waals surface area contributed by atoms with Crippen LogP contribution in [0.15, 0.2) is 24.4 Å². The first-order chi connectivity index (χ1) is 10.0. The van der Waals surface area contributed by atoms with Gasteiger partial charge in [0.15, 0.2) is 0 Å². The summed E-state index contributed by atoms with van der Waals surface area (Å²) in [6.45, 7) is 2.34. The van der Waals surface area contributed by atoms with Crippen LogP contribution < -0.4 is 5.32 Å². The summed E-state index contributed by atoms with van der Waals surface area (Å²) in [6.07, 6.45) is 2.69. The molecule has 0 bridgehead atoms. The molecule has 6 nitrogen and oxygen atoms in total. The average Bonchev–Trinajstić information content (AvgIpc) is 2.92. The number of hydrogen-bond donors (Lipinski definition) is 1. The molecule has 0 atom stereocenters. The van der Waals surface area contributed by atoms with Gasteiger partial charge in [-0.25, -0.2) is 4.98 Å². The highest BCUT2D eigenvalue weighted by Gasteiger charge is 2.15. The van der Waals surface area contributed by atoms with Crippen LogP contribution in [0, 0.1) is 10.1 Å². The van der Waals surface area contributed by atoms with E-state index in [1.807, 2.05) is 6.92 Å². The molecule has 8 heteroatoms. The van der Waals surface area contributed by atoms with Gasteiger partial charge in [0.05, 0.1) is 22.1 Å². The van der Waals surface area contributed by atoms with Crippen molar-refractivity contribution in [3.63, 3.8) is 0 Å². The molecule has 0 aliphatic carbocycles. The number of nitrogens with one attached hydrogen (secondary N) is 1. The summed E-state index contributed by atoms with van der Waals surface area (Å²) in [4.78, 5) is 27.4. The predicted molar refractivity (Wildman–Crippen MR) is 80.8 cm³/mol. The summed E-state index contributed by atoms with van der Waals surface area (Å²) in [5.74, 6) is -0.386. The molecule has 0 aliphatic rings. The third-order valence-corrected chi connectivity index (χ3v) is 4.21. The molecule has 0 unspecified atom stereocenters. The number of aryl methyl sites for hydroxylation is 1. The summed E-state index contributed by atoms with van der Waals surface area (Å²) in [5, 5.41) is 14.2. The minimum absolute atomic E-state index is 0.0510. The fourth-order valence-corrected chi connectivity index (χ4v) is 2.71. The van der Waals surface area contributed by atoms with Crippen LogP contribution >= 0.6 is 22.9 Å². The number of nitrogens with zero attached hydrogens (tertiary/aromatic N) is 2. The molecular formula is C13H12ClN3O3S. The molecule has 0 aliphatic heterocycles. The Morgan fingerprint density at radius 3 is 2.86 bits per heavy atom. The normalized spacial score (nSPS) is 10.4. The van der Waals surface area contributed by atoms with E-state index in [1.54, 1.807) is 6.20 Å². The zero-order chi connectivity index (χ0) is 15.4. The molecule has 0 spiro atoms. The lowest BCUT2D eigenvalue weighted by atomic mass is 10.2. The molecule has 21 heavy (non-hydrogen) atoms. The molecule has 2 aromatic rings. The molecule has 1 N–H and O–H groups in total. The third kappa shape index (κ3) is 3.77. The zero-order valence-corrected chi connectivity index (χ0v) is 12.7. The first-order valence-electron chi connectivity index (χ1n) is 6.17. The van der Waals surface area contributed by atoms with Gasteiger partial charge < -0.3 is 5.32 Å². The summed E-state index contributed by atoms with van der Waals surface area (Å²) in [7, 11) is 0. The molecule has 1 aromatic carbocycles. The van der Waals surface area contributed by atoms with Crippen LogP contribution in [0.25, 0.3) is 0 Å². The number of rotatable bonds is 5. The van der Waals surface area contributed by atoms with E-state index in [4.69, 9.17) is 11.6 Å². The first-order valence-corrected chi connectivity index (χ1v) is 7.36. The van der Waals surface area contributed by atoms with Gasteiger partial charge in [0.1, 0.15) is 5.01 Å². The Hall–Kier alpha value is -1.99. The fourth-order valence-electron chi connectivity index (χ4n) is 1.65. The number of non-ortho nitro benzene ring substituents is 1. The SMILES string of the molecule is CCc1cnc(CNC(=O)c2ccc([N+](=O)[O-])cc2Cl)s1. The standard InChI is InChI=1S/C13H12ClN3O3S/c1-2-9-6-15-12(21-9)7-16-13(18)10-4-3-8(17(19)20)5-11(10)14/h3-6H,2,7H2,1H3,(H,16,18). The van der Waals surface area contributed by atoms with Crippen LogP contribution in [-0.2, 0) is 13.0 Å². The molecule has 1 amide bonds. The van der Waals surface area contributed by atoms with E-state index in [2.05, 4.69) is 10.3 Å². The maximum atomic E-state index is 12.0. The number of halogens is 1. The summed E-state index contributed by atoms with van der Waals surface area (Å²) in [6, 6.07) is 3.75. The molecule has 110 valence electrons. The minimum atomic E-state index is -0.560. The second-order valence-electron chi connectivity index (χ2n) is 4.18. The average molecular weight is 326 g/mol. The van der Waals surface area contributed by atoms with E-state index in [-0.39, 0.29) is 22.2 Å². The third-order valence-electron chi connectivity index (χ3n) is 2.76. The van der Waals surface area contributed by atoms with Crippen molar-refractivity contribution >= 4 is 34.5 Å². The highest BCUT2D eigenvalue weighted by atomic mass is 35.5. The molecular weight excluding hydrogens is 314 g/mol. The van der Waals surface area contributed by atoms with Crippen molar-refractivity contribution in [2.75, 3.05) is 0 Å². The molecule has 0 saturated carbocycles. The maximum Gasteiger partial charge on any atom is 0.270 e. The first kappa shape index (κ1) is 15.4. The van der Waals surface area contributed by atoms with Crippen LogP contribution in [0.2, 0.25) is 5.02 Å². The number of aromatic nitrogens is 1. The molecule has 1 aromatic heterocycles. The Balaban J connectivity index is 2.04. The highest BCUT2D eigenvalue weighted by Crippen LogP contribution is 2.22. The number of carbonyl (C=O) groups excluding carboxylic acids is 1. The van der Waals surface area contributed by atoms with Gasteiger partial charge in [-0.05, 0) is 12.5 Å². The molecule has 0 fully saturated rings. The summed E-state index contributed by atoms with van der Waals surface area (Å²) in [5.41, 5.74) is 0.0543. The van der Waals surface area contributed by atoms with Gasteiger partial charge in [-0.1, -0.05) is 18.5 Å². The van der Waals surface area contributed by atoms with E-state index in [0.29, 0.717) is 6.54 Å². The Morgan fingerprint density at radius 2 is 2.29 bits per heavy atom. The van der Waals surface area contributed by atoms with Gasteiger partial charge in [0.25, 0.3) is 11.6 Å². The fraction of sp³-hybridized carbons (Fsp3) is 0.231. The van der Waals surface area contributed by atoms with E-state index in [1.165, 1.54) is 23.5 Å². The van der Waals surface area contributed by atoms with Crippen molar-refractivity contribution in [1.82, 2.24) is 10.3 Å². The minimum Gasteiger partial charge on any atom is -0.345 e. The number of benzene rings is 1. The lowest BCUT2D eigenvalue weighted by molar-refractivity contribution is -0.384. The van der Waals surface area contributed by atoms with Crippen LogP contribution in [0.5, 0.6) is 0 Å². The Kier molecular flexibility index (Phi) is 4.87. The predicted octanol–water partition coefficient (Wildman–Crippen LogP) is 3.20. The number of nitro groups is 1. The second-order valence-corrected chi connectivity index (χ2v) is 5.78. The summed E-state index contributed by atoms with van der Waals surface area (Å²) >= 11 is 7.43. The largest absolute Gasteiger partial charge is 0.345 e. The van der Waals surface area contributed by atoms with Crippen LogP contribution in [0.4, 0.5) is 5.69 Å². The van der Waals surface area contributed by atoms with Crippen LogP contribution in [-0.4, -0.2) is 15.8 Å². The number of amides is 1. The second kappa shape index (κ2) is 6.64. The van der Waals surface area contributed by atoms with Gasteiger partial charge in [-0.15, -0.1) is 11.3 Å². The van der Waals surface area contributed by atoms with Gasteiger partial charge in [-0.2, -0.15) is 0 Å². The number of nitro benzene ring substituents is 1. The Morgan fingerprint density at radius 1 is 1.52 bits per heavy atom. The lowest BCUT2D eigenvalue weighted by Gasteiger charge is -2.05. The van der Waals surface area contributed by atoms with Crippen molar-refractivity contribution in [2.45, 2.75) is 19.9 Å². The smallest absolute Gasteiger partial charge is 0.270 e. The Bertz CT molecular complexity index is 687. The Labute approximate surface area is 129 Å². The van der Waals surface area contributed by atoms with Crippen molar-refractivity contribution in [2.24, 2.45) is 0 Å². The quantitative estimate of drug-likeness (QED) is 0.675. The maximum absolute atomic E-state index is 12.0. The topological polar surface area (TPSA) is 85.1 Å². The molecule has 0 radical (unpaired) electrons. The van der Waals surface area contributed by atoms with Gasteiger partial charge in [0.2, 0.25) is 0 Å². The molecule has 1 heterocycles. The van der Waals surface area contributed by atoms with Crippen molar-refractivity contribution in [1.29, 1.82) is 0 Å². The monoisotopic (exact) mass is 325 g/mol. The zero-order valence-electron chi connectivity index (χ0n) is 11.1.